The molecule has 2 aromatic heterocycles. The molecule has 2 atom stereocenters. The Morgan fingerprint density at radius 1 is 0.913 bits per heavy atom. The molecular formula is C13H16N4O6. The van der Waals surface area contributed by atoms with Crippen LogP contribution in [0, 0.1) is 0 Å². The highest BCUT2D eigenvalue weighted by Gasteiger charge is 2.27. The molecule has 124 valence electrons. The van der Waals surface area contributed by atoms with Crippen LogP contribution in [0.15, 0.2) is 22.0 Å². The van der Waals surface area contributed by atoms with Gasteiger partial charge in [0.2, 0.25) is 11.8 Å². The van der Waals surface area contributed by atoms with Crippen molar-refractivity contribution in [3.63, 3.8) is 0 Å². The Labute approximate surface area is 129 Å². The van der Waals surface area contributed by atoms with Gasteiger partial charge in [-0.05, 0) is 0 Å². The highest BCUT2D eigenvalue weighted by molar-refractivity contribution is 5.08. The third-order valence-corrected chi connectivity index (χ3v) is 3.93. The van der Waals surface area contributed by atoms with Gasteiger partial charge in [0.05, 0.1) is 50.9 Å². The summed E-state index contributed by atoms with van der Waals surface area (Å²) in [7, 11) is 0. The maximum absolute atomic E-state index is 12.3. The lowest BCUT2D eigenvalue weighted by Crippen LogP contribution is -2.32. The molecule has 2 fully saturated rings. The molecule has 0 aromatic carbocycles. The van der Waals surface area contributed by atoms with E-state index in [0.717, 1.165) is 0 Å². The number of imidazole rings is 2. The van der Waals surface area contributed by atoms with Crippen molar-refractivity contribution in [2.24, 2.45) is 0 Å². The van der Waals surface area contributed by atoms with Gasteiger partial charge in [-0.25, -0.2) is 9.59 Å². The van der Waals surface area contributed by atoms with Gasteiger partial charge in [-0.1, -0.05) is 0 Å². The van der Waals surface area contributed by atoms with Crippen LogP contribution in [0.1, 0.15) is 0 Å². The average Bonchev–Trinajstić information content (AvgIpc) is 3.41. The maximum Gasteiger partial charge on any atom is 0.332 e. The molecular weight excluding hydrogens is 308 g/mol. The Kier molecular flexibility index (Phi) is 3.10. The minimum atomic E-state index is -0.442. The Hall–Kier alpha value is -2.46. The van der Waals surface area contributed by atoms with Crippen molar-refractivity contribution in [3.05, 3.63) is 33.4 Å². The van der Waals surface area contributed by atoms with E-state index in [1.807, 2.05) is 0 Å². The van der Waals surface area contributed by atoms with Gasteiger partial charge in [0.25, 0.3) is 0 Å². The van der Waals surface area contributed by atoms with Crippen LogP contribution in [0.4, 0.5) is 0 Å². The Balaban J connectivity index is 1.60. The molecule has 2 saturated heterocycles. The van der Waals surface area contributed by atoms with Gasteiger partial charge in [0.15, 0.2) is 0 Å². The molecule has 2 aliphatic rings. The summed E-state index contributed by atoms with van der Waals surface area (Å²) in [4.78, 5) is 24.5. The van der Waals surface area contributed by atoms with Crippen molar-refractivity contribution >= 4 is 0 Å². The molecule has 2 aliphatic heterocycles. The van der Waals surface area contributed by atoms with Crippen molar-refractivity contribution < 1.29 is 19.7 Å². The topological polar surface area (TPSA) is 119 Å². The third kappa shape index (κ3) is 2.66. The molecule has 4 rings (SSSR count). The Morgan fingerprint density at radius 3 is 1.65 bits per heavy atom. The lowest BCUT2D eigenvalue weighted by molar-refractivity contribution is 0.353. The second-order valence-corrected chi connectivity index (χ2v) is 5.75. The zero-order valence-corrected chi connectivity index (χ0v) is 12.2. The van der Waals surface area contributed by atoms with E-state index >= 15 is 0 Å². The quantitative estimate of drug-likeness (QED) is 0.613. The fourth-order valence-corrected chi connectivity index (χ4v) is 2.50. The fourth-order valence-electron chi connectivity index (χ4n) is 2.50. The SMILES string of the molecule is O=c1n(Cn2cc(O)n(CC3CO3)c2=O)cc(O)n1CC1CO1. The summed E-state index contributed by atoms with van der Waals surface area (Å²) in [5.74, 6) is -0.373. The van der Waals surface area contributed by atoms with E-state index in [9.17, 15) is 19.8 Å². The van der Waals surface area contributed by atoms with Crippen LogP contribution < -0.4 is 11.4 Å². The molecule has 10 heteroatoms. The Bertz CT molecular complexity index is 781. The smallest absolute Gasteiger partial charge is 0.332 e. The van der Waals surface area contributed by atoms with E-state index in [1.165, 1.54) is 30.7 Å². The van der Waals surface area contributed by atoms with E-state index in [1.54, 1.807) is 0 Å². The number of epoxide rings is 2. The van der Waals surface area contributed by atoms with Crippen LogP contribution in [0.2, 0.25) is 0 Å². The summed E-state index contributed by atoms with van der Waals surface area (Å²) in [6.45, 7) is 1.58. The van der Waals surface area contributed by atoms with Crippen LogP contribution in [-0.2, 0) is 29.2 Å². The highest BCUT2D eigenvalue weighted by Crippen LogP contribution is 2.16. The predicted octanol–water partition coefficient (Wildman–Crippen LogP) is -1.67. The molecule has 0 spiro atoms. The summed E-state index contributed by atoms with van der Waals surface area (Å²) < 4.78 is 14.9. The number of ether oxygens (including phenoxy) is 2. The van der Waals surface area contributed by atoms with Crippen molar-refractivity contribution in [1.82, 2.24) is 18.3 Å². The standard InChI is InChI=1S/C13H16N4O6/c18-10-3-14(12(20)16(10)1-8-5-22-8)7-15-4-11(19)17(13(15)21)2-9-6-23-9/h3-4,8-9,18-19H,1-2,5-7H2. The zero-order chi connectivity index (χ0) is 16.1. The van der Waals surface area contributed by atoms with Gasteiger partial charge in [0, 0.05) is 0 Å². The first kappa shape index (κ1) is 14.2. The van der Waals surface area contributed by atoms with Gasteiger partial charge in [-0.15, -0.1) is 0 Å². The predicted molar refractivity (Wildman–Crippen MR) is 75.6 cm³/mol. The second-order valence-electron chi connectivity index (χ2n) is 5.75. The summed E-state index contributed by atoms with van der Waals surface area (Å²) in [5.41, 5.74) is -0.884. The monoisotopic (exact) mass is 324 g/mol. The molecule has 4 heterocycles. The van der Waals surface area contributed by atoms with Gasteiger partial charge >= 0.3 is 11.4 Å². The number of hydrogen-bond donors (Lipinski definition) is 2. The highest BCUT2D eigenvalue weighted by atomic mass is 16.6. The molecule has 2 aromatic rings. The van der Waals surface area contributed by atoms with Gasteiger partial charge in [0.1, 0.15) is 6.67 Å². The molecule has 23 heavy (non-hydrogen) atoms. The summed E-state index contributed by atoms with van der Waals surface area (Å²) in [6.07, 6.45) is 2.41. The van der Waals surface area contributed by atoms with E-state index < -0.39 is 11.4 Å². The van der Waals surface area contributed by atoms with Crippen molar-refractivity contribution in [1.29, 1.82) is 0 Å². The first-order valence-corrected chi connectivity index (χ1v) is 7.24. The number of nitrogens with zero attached hydrogens (tertiary/aromatic N) is 4. The van der Waals surface area contributed by atoms with Crippen LogP contribution in [0.3, 0.4) is 0 Å². The van der Waals surface area contributed by atoms with Crippen molar-refractivity contribution in [2.75, 3.05) is 13.2 Å². The maximum atomic E-state index is 12.3. The second kappa shape index (κ2) is 5.03. The lowest BCUT2D eigenvalue weighted by atomic mass is 10.5. The van der Waals surface area contributed by atoms with Crippen LogP contribution >= 0.6 is 0 Å². The van der Waals surface area contributed by atoms with Gasteiger partial charge in [-0.2, -0.15) is 0 Å². The van der Waals surface area contributed by atoms with Crippen molar-refractivity contribution in [2.45, 2.75) is 32.0 Å². The third-order valence-electron chi connectivity index (χ3n) is 3.93. The van der Waals surface area contributed by atoms with Gasteiger partial charge in [-0.3, -0.25) is 18.3 Å². The number of hydrogen-bond acceptors (Lipinski definition) is 6. The fraction of sp³-hybridized carbons (Fsp3) is 0.538. The van der Waals surface area contributed by atoms with Crippen LogP contribution in [0.5, 0.6) is 11.8 Å². The molecule has 0 amide bonds. The molecule has 10 nitrogen and oxygen atoms in total. The normalized spacial score (nSPS) is 22.4. The molecule has 2 unspecified atom stereocenters. The molecule has 0 aliphatic carbocycles. The van der Waals surface area contributed by atoms with Gasteiger partial charge < -0.3 is 19.7 Å². The first-order chi connectivity index (χ1) is 11.0. The van der Waals surface area contributed by atoms with Crippen molar-refractivity contribution in [3.8, 4) is 11.8 Å². The van der Waals surface area contributed by atoms with Crippen LogP contribution in [0.25, 0.3) is 0 Å². The summed E-state index contributed by atoms with van der Waals surface area (Å²) in [6, 6.07) is 0. The van der Waals surface area contributed by atoms with E-state index in [4.69, 9.17) is 9.47 Å². The zero-order valence-electron chi connectivity index (χ0n) is 12.2. The Morgan fingerprint density at radius 2 is 1.30 bits per heavy atom. The largest absolute Gasteiger partial charge is 0.493 e. The van der Waals surface area contributed by atoms with E-state index in [2.05, 4.69) is 0 Å². The lowest BCUT2D eigenvalue weighted by Gasteiger charge is -2.02. The summed E-state index contributed by atoms with van der Waals surface area (Å²) >= 11 is 0. The molecule has 0 saturated carbocycles. The average molecular weight is 324 g/mol. The van der Waals surface area contributed by atoms with E-state index in [0.29, 0.717) is 13.2 Å². The van der Waals surface area contributed by atoms with E-state index in [-0.39, 0.29) is 43.7 Å². The molecule has 2 N–H and O–H groups in total. The van der Waals surface area contributed by atoms with Crippen LogP contribution in [-0.4, -0.2) is 53.9 Å². The minimum absolute atomic E-state index is 0.0548. The molecule has 0 radical (unpaired) electrons. The number of rotatable bonds is 6. The first-order valence-electron chi connectivity index (χ1n) is 7.24. The minimum Gasteiger partial charge on any atom is -0.493 e. The number of aromatic hydroxyl groups is 2. The number of aromatic nitrogens is 4. The molecule has 0 bridgehead atoms. The summed E-state index contributed by atoms with van der Waals surface area (Å²) in [5, 5.41) is 19.7.